The van der Waals surface area contributed by atoms with Gasteiger partial charge in [0, 0.05) is 37.9 Å². The largest absolute Gasteiger partial charge is 0.339 e. The van der Waals surface area contributed by atoms with Gasteiger partial charge in [-0.05, 0) is 43.2 Å². The zero-order valence-corrected chi connectivity index (χ0v) is 18.5. The molecular weight excluding hydrogens is 426 g/mol. The maximum Gasteiger partial charge on any atom is 0.247 e. The van der Waals surface area contributed by atoms with E-state index in [-0.39, 0.29) is 16.8 Å². The van der Waals surface area contributed by atoms with Crippen molar-refractivity contribution in [2.24, 2.45) is 0 Å². The lowest BCUT2D eigenvalue weighted by molar-refractivity contribution is -0.125. The second-order valence-corrected chi connectivity index (χ2v) is 10.5. The van der Waals surface area contributed by atoms with Gasteiger partial charge in [0.2, 0.25) is 15.9 Å². The number of amides is 1. The molecule has 3 aliphatic heterocycles. The van der Waals surface area contributed by atoms with Gasteiger partial charge in [-0.2, -0.15) is 9.57 Å². The van der Waals surface area contributed by atoms with Gasteiger partial charge in [-0.3, -0.25) is 9.69 Å². The first-order valence-corrected chi connectivity index (χ1v) is 12.2. The second-order valence-electron chi connectivity index (χ2n) is 8.61. The van der Waals surface area contributed by atoms with Crippen LogP contribution in [-0.2, 0) is 14.8 Å². The molecule has 9 heteroatoms. The summed E-state index contributed by atoms with van der Waals surface area (Å²) in [7, 11) is -3.60. The number of sulfonamides is 1. The number of para-hydroxylation sites is 1. The van der Waals surface area contributed by atoms with Crippen LogP contribution in [0.25, 0.3) is 0 Å². The van der Waals surface area contributed by atoms with Gasteiger partial charge in [-0.15, -0.1) is 0 Å². The van der Waals surface area contributed by atoms with E-state index in [1.807, 2.05) is 36.4 Å². The van der Waals surface area contributed by atoms with E-state index < -0.39 is 15.6 Å². The third kappa shape index (κ3) is 3.35. The minimum Gasteiger partial charge on any atom is -0.339 e. The Bertz CT molecular complexity index is 1160. The summed E-state index contributed by atoms with van der Waals surface area (Å²) < 4.78 is 27.3. The molecule has 0 atom stereocenters. The van der Waals surface area contributed by atoms with Gasteiger partial charge in [-0.1, -0.05) is 24.3 Å². The van der Waals surface area contributed by atoms with E-state index in [0.717, 1.165) is 18.8 Å². The van der Waals surface area contributed by atoms with E-state index >= 15 is 0 Å². The minimum atomic E-state index is -3.60. The van der Waals surface area contributed by atoms with Crippen LogP contribution < -0.4 is 10.2 Å². The number of benzene rings is 2. The van der Waals surface area contributed by atoms with Crippen molar-refractivity contribution in [3.63, 3.8) is 0 Å². The predicted molar refractivity (Wildman–Crippen MR) is 119 cm³/mol. The predicted octanol–water partition coefficient (Wildman–Crippen LogP) is 1.36. The molecule has 0 unspecified atom stereocenters. The Labute approximate surface area is 188 Å². The van der Waals surface area contributed by atoms with E-state index in [1.54, 1.807) is 12.1 Å². The summed E-state index contributed by atoms with van der Waals surface area (Å²) in [5, 5.41) is 12.1. The monoisotopic (exact) mass is 451 g/mol. The number of rotatable bonds is 4. The van der Waals surface area contributed by atoms with E-state index in [0.29, 0.717) is 38.2 Å². The molecule has 0 bridgehead atoms. The molecule has 1 spiro atoms. The molecule has 1 N–H and O–H groups in total. The highest BCUT2D eigenvalue weighted by atomic mass is 32.2. The third-order valence-electron chi connectivity index (χ3n) is 6.98. The SMILES string of the molecule is N#Cc1cccc(S(=O)(=O)N2CC(N3CCC4(CC3)C(=O)NCN4c3ccccc3)C2)c1. The van der Waals surface area contributed by atoms with Crippen LogP contribution >= 0.6 is 0 Å². The Kier molecular flexibility index (Phi) is 5.16. The Balaban J connectivity index is 1.23. The lowest BCUT2D eigenvalue weighted by Crippen LogP contribution is -2.65. The van der Waals surface area contributed by atoms with Crippen LogP contribution in [0.5, 0.6) is 0 Å². The van der Waals surface area contributed by atoms with Crippen molar-refractivity contribution in [1.29, 1.82) is 5.26 Å². The number of hydrogen-bond donors (Lipinski definition) is 1. The molecule has 2 aromatic rings. The highest BCUT2D eigenvalue weighted by molar-refractivity contribution is 7.89. The van der Waals surface area contributed by atoms with Crippen LogP contribution in [-0.4, -0.2) is 68.0 Å². The molecular formula is C23H25N5O3S. The Morgan fingerprint density at radius 1 is 1.03 bits per heavy atom. The number of anilines is 1. The number of likely N-dealkylation sites (tertiary alicyclic amines) is 1. The molecule has 0 aliphatic carbocycles. The van der Waals surface area contributed by atoms with Crippen molar-refractivity contribution in [2.45, 2.75) is 29.3 Å². The number of nitriles is 1. The summed E-state index contributed by atoms with van der Waals surface area (Å²) in [6, 6.07) is 18.3. The molecule has 0 aromatic heterocycles. The van der Waals surface area contributed by atoms with Crippen LogP contribution in [0, 0.1) is 11.3 Å². The molecule has 2 aromatic carbocycles. The fraction of sp³-hybridized carbons (Fsp3) is 0.391. The first-order valence-electron chi connectivity index (χ1n) is 10.8. The molecule has 3 heterocycles. The van der Waals surface area contributed by atoms with E-state index in [2.05, 4.69) is 15.1 Å². The fourth-order valence-corrected chi connectivity index (χ4v) is 6.57. The average molecular weight is 452 g/mol. The molecule has 0 saturated carbocycles. The first kappa shape index (κ1) is 20.9. The number of nitrogens with zero attached hydrogens (tertiary/aromatic N) is 4. The Hall–Kier alpha value is -2.93. The van der Waals surface area contributed by atoms with Gasteiger partial charge in [0.05, 0.1) is 23.2 Å². The smallest absolute Gasteiger partial charge is 0.247 e. The molecule has 32 heavy (non-hydrogen) atoms. The molecule has 1 amide bonds. The number of piperidine rings is 1. The summed E-state index contributed by atoms with van der Waals surface area (Å²) >= 11 is 0. The highest BCUT2D eigenvalue weighted by Crippen LogP contribution is 2.37. The topological polar surface area (TPSA) is 96.7 Å². The maximum atomic E-state index is 12.9. The van der Waals surface area contributed by atoms with E-state index in [9.17, 15) is 13.2 Å². The average Bonchev–Trinajstić information content (AvgIpc) is 3.10. The van der Waals surface area contributed by atoms with Crippen molar-refractivity contribution in [3.8, 4) is 6.07 Å². The summed E-state index contributed by atoms with van der Waals surface area (Å²) in [6.45, 7) is 2.87. The van der Waals surface area contributed by atoms with Crippen LogP contribution in [0.4, 0.5) is 5.69 Å². The van der Waals surface area contributed by atoms with Gasteiger partial charge in [0.15, 0.2) is 0 Å². The van der Waals surface area contributed by atoms with Gasteiger partial charge in [-0.25, -0.2) is 8.42 Å². The van der Waals surface area contributed by atoms with Crippen LogP contribution in [0.2, 0.25) is 0 Å². The molecule has 5 rings (SSSR count). The molecule has 166 valence electrons. The van der Waals surface area contributed by atoms with E-state index in [4.69, 9.17) is 5.26 Å². The Morgan fingerprint density at radius 2 is 1.75 bits per heavy atom. The molecule has 8 nitrogen and oxygen atoms in total. The van der Waals surface area contributed by atoms with Crippen LogP contribution in [0.3, 0.4) is 0 Å². The molecule has 3 aliphatic rings. The van der Waals surface area contributed by atoms with Crippen molar-refractivity contribution < 1.29 is 13.2 Å². The third-order valence-corrected chi connectivity index (χ3v) is 8.80. The maximum absolute atomic E-state index is 12.9. The lowest BCUT2D eigenvalue weighted by atomic mass is 9.84. The Morgan fingerprint density at radius 3 is 2.44 bits per heavy atom. The van der Waals surface area contributed by atoms with Crippen molar-refractivity contribution in [2.75, 3.05) is 37.7 Å². The second kappa shape index (κ2) is 7.89. The van der Waals surface area contributed by atoms with Gasteiger partial charge < -0.3 is 10.2 Å². The molecule has 0 radical (unpaired) electrons. The standard InChI is InChI=1S/C23H25N5O3S/c24-14-18-5-4-8-21(13-18)32(30,31)27-15-20(16-27)26-11-9-23(10-12-26)22(29)25-17-28(23)19-6-2-1-3-7-19/h1-8,13,20H,9-12,15-17H2,(H,25,29). The zero-order chi connectivity index (χ0) is 22.3. The highest BCUT2D eigenvalue weighted by Gasteiger charge is 2.52. The fourth-order valence-electron chi connectivity index (χ4n) is 5.01. The van der Waals surface area contributed by atoms with Gasteiger partial charge >= 0.3 is 0 Å². The lowest BCUT2D eigenvalue weighted by Gasteiger charge is -2.50. The van der Waals surface area contributed by atoms with Crippen molar-refractivity contribution in [1.82, 2.24) is 14.5 Å². The first-order chi connectivity index (χ1) is 15.4. The van der Waals surface area contributed by atoms with Crippen LogP contribution in [0.1, 0.15) is 18.4 Å². The summed E-state index contributed by atoms with van der Waals surface area (Å²) in [4.78, 5) is 17.4. The minimum absolute atomic E-state index is 0.0798. The summed E-state index contributed by atoms with van der Waals surface area (Å²) in [5.74, 6) is 0.0798. The molecule has 3 saturated heterocycles. The quantitative estimate of drug-likeness (QED) is 0.754. The van der Waals surface area contributed by atoms with Crippen molar-refractivity contribution in [3.05, 3.63) is 60.2 Å². The molecule has 3 fully saturated rings. The van der Waals surface area contributed by atoms with E-state index in [1.165, 1.54) is 16.4 Å². The van der Waals surface area contributed by atoms with Gasteiger partial charge in [0.25, 0.3) is 0 Å². The van der Waals surface area contributed by atoms with Crippen molar-refractivity contribution >= 4 is 21.6 Å². The number of carbonyl (C=O) groups excluding carboxylic acids is 1. The number of nitrogens with one attached hydrogen (secondary N) is 1. The van der Waals surface area contributed by atoms with Crippen LogP contribution in [0.15, 0.2) is 59.5 Å². The number of hydrogen-bond acceptors (Lipinski definition) is 6. The normalized spacial score (nSPS) is 21.8. The number of carbonyl (C=O) groups is 1. The summed E-state index contributed by atoms with van der Waals surface area (Å²) in [6.07, 6.45) is 1.42. The summed E-state index contributed by atoms with van der Waals surface area (Å²) in [5.41, 5.74) is 0.840. The van der Waals surface area contributed by atoms with Gasteiger partial charge in [0.1, 0.15) is 5.54 Å². The zero-order valence-electron chi connectivity index (χ0n) is 17.6.